The summed E-state index contributed by atoms with van der Waals surface area (Å²) < 4.78 is 0. The van der Waals surface area contributed by atoms with Crippen LogP contribution in [0.4, 0.5) is 0 Å². The monoisotopic (exact) mass is 155 g/mol. The standard InChI is InChI=1S/C7H9NO3/c1-3-7(11)5(9)4-8(2)6(7)10/h1,5,9,11H,4H2,2H3. The molecule has 0 spiro atoms. The van der Waals surface area contributed by atoms with Crippen molar-refractivity contribution in [3.8, 4) is 12.3 Å². The van der Waals surface area contributed by atoms with Crippen LogP contribution in [0.3, 0.4) is 0 Å². The second-order valence-electron chi connectivity index (χ2n) is 2.61. The molecule has 0 aromatic heterocycles. The molecule has 0 aliphatic carbocycles. The Morgan fingerprint density at radius 2 is 2.45 bits per heavy atom. The second kappa shape index (κ2) is 2.22. The molecule has 0 aromatic rings. The van der Waals surface area contributed by atoms with Gasteiger partial charge in [0.05, 0.1) is 6.54 Å². The number of hydrogen-bond acceptors (Lipinski definition) is 3. The predicted octanol–water partition coefficient (Wildman–Crippen LogP) is -1.82. The van der Waals surface area contributed by atoms with E-state index < -0.39 is 17.6 Å². The van der Waals surface area contributed by atoms with Gasteiger partial charge in [-0.15, -0.1) is 6.42 Å². The zero-order valence-corrected chi connectivity index (χ0v) is 6.11. The lowest BCUT2D eigenvalue weighted by molar-refractivity contribution is -0.140. The first-order valence-corrected chi connectivity index (χ1v) is 3.16. The van der Waals surface area contributed by atoms with Gasteiger partial charge in [0.25, 0.3) is 5.91 Å². The zero-order chi connectivity index (χ0) is 8.65. The van der Waals surface area contributed by atoms with Gasteiger partial charge >= 0.3 is 0 Å². The highest BCUT2D eigenvalue weighted by molar-refractivity contribution is 5.91. The largest absolute Gasteiger partial charge is 0.387 e. The number of likely N-dealkylation sites (N-methyl/N-ethyl adjacent to an activating group) is 1. The first-order chi connectivity index (χ1) is 5.02. The summed E-state index contributed by atoms with van der Waals surface area (Å²) in [4.78, 5) is 12.2. The smallest absolute Gasteiger partial charge is 0.269 e. The van der Waals surface area contributed by atoms with Gasteiger partial charge in [0.2, 0.25) is 5.60 Å². The molecule has 1 saturated heterocycles. The van der Waals surface area contributed by atoms with Crippen LogP contribution < -0.4 is 0 Å². The van der Waals surface area contributed by atoms with Gasteiger partial charge in [-0.1, -0.05) is 5.92 Å². The van der Waals surface area contributed by atoms with Gasteiger partial charge in [-0.25, -0.2) is 0 Å². The van der Waals surface area contributed by atoms with E-state index in [0.29, 0.717) is 0 Å². The van der Waals surface area contributed by atoms with Gasteiger partial charge in [-0.3, -0.25) is 4.79 Å². The van der Waals surface area contributed by atoms with Gasteiger partial charge in [0, 0.05) is 7.05 Å². The van der Waals surface area contributed by atoms with E-state index in [1.807, 2.05) is 5.92 Å². The normalized spacial score (nSPS) is 37.5. The number of rotatable bonds is 0. The van der Waals surface area contributed by atoms with Crippen LogP contribution in [0.1, 0.15) is 0 Å². The molecular formula is C7H9NO3. The van der Waals surface area contributed by atoms with Crippen LogP contribution in [0.25, 0.3) is 0 Å². The fourth-order valence-electron chi connectivity index (χ4n) is 1.07. The van der Waals surface area contributed by atoms with Crippen molar-refractivity contribution in [3.63, 3.8) is 0 Å². The predicted molar refractivity (Wildman–Crippen MR) is 37.4 cm³/mol. The Hall–Kier alpha value is -1.05. The van der Waals surface area contributed by atoms with E-state index in [4.69, 9.17) is 11.5 Å². The third-order valence-corrected chi connectivity index (χ3v) is 1.82. The molecule has 1 amide bonds. The van der Waals surface area contributed by atoms with Gasteiger partial charge in [-0.05, 0) is 0 Å². The Kier molecular flexibility index (Phi) is 1.63. The Labute approximate surface area is 64.4 Å². The highest BCUT2D eigenvalue weighted by Crippen LogP contribution is 2.20. The van der Waals surface area contributed by atoms with Crippen LogP contribution in [0, 0.1) is 12.3 Å². The number of terminal acetylenes is 1. The fraction of sp³-hybridized carbons (Fsp3) is 0.571. The lowest BCUT2D eigenvalue weighted by atomic mass is 10.0. The number of likely N-dealkylation sites (tertiary alicyclic amines) is 1. The Morgan fingerprint density at radius 1 is 1.91 bits per heavy atom. The molecule has 60 valence electrons. The fourth-order valence-corrected chi connectivity index (χ4v) is 1.07. The maximum Gasteiger partial charge on any atom is 0.269 e. The molecule has 1 rings (SSSR count). The number of carbonyl (C=O) groups is 1. The molecule has 4 nitrogen and oxygen atoms in total. The van der Waals surface area contributed by atoms with Gasteiger partial charge in [0.15, 0.2) is 0 Å². The molecule has 1 aliphatic heterocycles. The average molecular weight is 155 g/mol. The first-order valence-electron chi connectivity index (χ1n) is 3.16. The molecule has 11 heavy (non-hydrogen) atoms. The molecule has 1 heterocycles. The van der Waals surface area contributed by atoms with Gasteiger partial charge in [0.1, 0.15) is 6.10 Å². The van der Waals surface area contributed by atoms with Crippen molar-refractivity contribution in [1.29, 1.82) is 0 Å². The summed E-state index contributed by atoms with van der Waals surface area (Å²) in [5.41, 5.74) is -2.01. The third-order valence-electron chi connectivity index (χ3n) is 1.82. The third kappa shape index (κ3) is 0.897. The molecule has 0 saturated carbocycles. The number of nitrogens with zero attached hydrogens (tertiary/aromatic N) is 1. The Balaban J connectivity index is 2.99. The van der Waals surface area contributed by atoms with E-state index in [2.05, 4.69) is 0 Å². The number of aliphatic hydroxyl groups is 2. The topological polar surface area (TPSA) is 60.8 Å². The van der Waals surface area contributed by atoms with Gasteiger partial charge in [-0.2, -0.15) is 0 Å². The number of β-amino-alcohol motifs (C(OH)–C–C–N with tert-alkyl or cyclic N) is 1. The lowest BCUT2D eigenvalue weighted by Crippen LogP contribution is -2.43. The molecule has 2 atom stereocenters. The quantitative estimate of drug-likeness (QED) is 0.405. The molecule has 2 N–H and O–H groups in total. The summed E-state index contributed by atoms with van der Waals surface area (Å²) in [6.45, 7) is 0.0829. The van der Waals surface area contributed by atoms with Crippen molar-refractivity contribution in [2.45, 2.75) is 11.7 Å². The Morgan fingerprint density at radius 3 is 2.64 bits per heavy atom. The van der Waals surface area contributed by atoms with Crippen LogP contribution in [-0.2, 0) is 4.79 Å². The summed E-state index contributed by atoms with van der Waals surface area (Å²) >= 11 is 0. The molecular weight excluding hydrogens is 146 g/mol. The van der Waals surface area contributed by atoms with E-state index >= 15 is 0 Å². The SMILES string of the molecule is C#CC1(O)C(=O)N(C)CC1O. The summed E-state index contributed by atoms with van der Waals surface area (Å²) in [6.07, 6.45) is 3.73. The number of amides is 1. The molecule has 0 aromatic carbocycles. The van der Waals surface area contributed by atoms with E-state index in [1.54, 1.807) is 0 Å². The van der Waals surface area contributed by atoms with E-state index in [9.17, 15) is 9.90 Å². The van der Waals surface area contributed by atoms with Crippen molar-refractivity contribution >= 4 is 5.91 Å². The maximum atomic E-state index is 11.0. The maximum absolute atomic E-state index is 11.0. The van der Waals surface area contributed by atoms with E-state index in [0.717, 1.165) is 0 Å². The highest BCUT2D eigenvalue weighted by atomic mass is 16.4. The number of carbonyl (C=O) groups excluding carboxylic acids is 1. The van der Waals surface area contributed by atoms with Crippen molar-refractivity contribution in [3.05, 3.63) is 0 Å². The zero-order valence-electron chi connectivity index (χ0n) is 6.11. The summed E-state index contributed by atoms with van der Waals surface area (Å²) in [6, 6.07) is 0. The molecule has 4 heteroatoms. The van der Waals surface area contributed by atoms with E-state index in [1.165, 1.54) is 11.9 Å². The van der Waals surface area contributed by atoms with Crippen LogP contribution in [0.2, 0.25) is 0 Å². The second-order valence-corrected chi connectivity index (χ2v) is 2.61. The van der Waals surface area contributed by atoms with Crippen LogP contribution in [0.15, 0.2) is 0 Å². The van der Waals surface area contributed by atoms with Crippen LogP contribution in [-0.4, -0.2) is 46.3 Å². The van der Waals surface area contributed by atoms with Crippen molar-refractivity contribution in [2.24, 2.45) is 0 Å². The van der Waals surface area contributed by atoms with Crippen molar-refractivity contribution in [1.82, 2.24) is 4.90 Å². The summed E-state index contributed by atoms with van der Waals surface area (Å²) in [5.74, 6) is 1.27. The summed E-state index contributed by atoms with van der Waals surface area (Å²) in [5, 5.41) is 18.5. The van der Waals surface area contributed by atoms with Crippen LogP contribution >= 0.6 is 0 Å². The van der Waals surface area contributed by atoms with Crippen LogP contribution in [0.5, 0.6) is 0 Å². The number of aliphatic hydroxyl groups excluding tert-OH is 1. The van der Waals surface area contributed by atoms with Gasteiger partial charge < -0.3 is 15.1 Å². The Bertz CT molecular complexity index is 232. The highest BCUT2D eigenvalue weighted by Gasteiger charge is 2.50. The minimum absolute atomic E-state index is 0.0829. The van der Waals surface area contributed by atoms with Crippen molar-refractivity contribution in [2.75, 3.05) is 13.6 Å². The molecule has 2 unspecified atom stereocenters. The minimum Gasteiger partial charge on any atom is -0.387 e. The van der Waals surface area contributed by atoms with Crippen molar-refractivity contribution < 1.29 is 15.0 Å². The molecule has 0 radical (unpaired) electrons. The molecule has 1 fully saturated rings. The lowest BCUT2D eigenvalue weighted by Gasteiger charge is -2.15. The first kappa shape index (κ1) is 8.05. The molecule has 0 bridgehead atoms. The number of hydrogen-bond donors (Lipinski definition) is 2. The summed E-state index contributed by atoms with van der Waals surface area (Å²) in [7, 11) is 1.47. The minimum atomic E-state index is -2.01. The molecule has 1 aliphatic rings. The van der Waals surface area contributed by atoms with E-state index in [-0.39, 0.29) is 6.54 Å². The average Bonchev–Trinajstić information content (AvgIpc) is 2.16.